The molecular formula is C16H17Cl2N3O2S. The summed E-state index contributed by atoms with van der Waals surface area (Å²) in [5, 5.41) is 10.2. The molecule has 1 aliphatic heterocycles. The number of halogens is 2. The summed E-state index contributed by atoms with van der Waals surface area (Å²) in [7, 11) is 0. The van der Waals surface area contributed by atoms with Crippen molar-refractivity contribution in [1.29, 1.82) is 0 Å². The van der Waals surface area contributed by atoms with Gasteiger partial charge in [-0.1, -0.05) is 48.8 Å². The zero-order chi connectivity index (χ0) is 17.3. The summed E-state index contributed by atoms with van der Waals surface area (Å²) in [6.45, 7) is 5.42. The van der Waals surface area contributed by atoms with Gasteiger partial charge in [0.25, 0.3) is 0 Å². The highest BCUT2D eigenvalue weighted by atomic mass is 35.5. The molecule has 1 fully saturated rings. The van der Waals surface area contributed by atoms with Crippen LogP contribution < -0.4 is 0 Å². The van der Waals surface area contributed by atoms with Crippen LogP contribution >= 0.6 is 35.0 Å². The molecule has 0 N–H and O–H groups in total. The Labute approximate surface area is 154 Å². The van der Waals surface area contributed by atoms with Gasteiger partial charge in [-0.05, 0) is 24.1 Å². The van der Waals surface area contributed by atoms with Crippen molar-refractivity contribution in [3.05, 3.63) is 28.2 Å². The molecule has 1 aliphatic rings. The van der Waals surface area contributed by atoms with Crippen LogP contribution in [0.2, 0.25) is 10.0 Å². The van der Waals surface area contributed by atoms with Crippen molar-refractivity contribution >= 4 is 40.9 Å². The molecule has 0 bridgehead atoms. The van der Waals surface area contributed by atoms with Crippen LogP contribution in [0.3, 0.4) is 0 Å². The molecule has 2 heterocycles. The second-order valence-electron chi connectivity index (χ2n) is 6.00. The Balaban J connectivity index is 1.98. The fraction of sp³-hybridized carbons (Fsp3) is 0.438. The van der Waals surface area contributed by atoms with Gasteiger partial charge in [0.2, 0.25) is 0 Å². The van der Waals surface area contributed by atoms with Crippen molar-refractivity contribution in [3.63, 3.8) is 0 Å². The van der Waals surface area contributed by atoms with Gasteiger partial charge in [-0.3, -0.25) is 4.79 Å². The zero-order valence-electron chi connectivity index (χ0n) is 13.3. The fourth-order valence-corrected chi connectivity index (χ4v) is 3.99. The third kappa shape index (κ3) is 3.71. The molecule has 1 atom stereocenters. The SMILES string of the molecule is CC(C)Cn1c(S[C@H]2CCOC2=O)nnc1-c1ccc(Cl)cc1Cl. The summed E-state index contributed by atoms with van der Waals surface area (Å²) < 4.78 is 7.04. The lowest BCUT2D eigenvalue weighted by molar-refractivity contribution is -0.137. The summed E-state index contributed by atoms with van der Waals surface area (Å²) in [6.07, 6.45) is 0.690. The monoisotopic (exact) mass is 385 g/mol. The first-order valence-electron chi connectivity index (χ1n) is 7.67. The van der Waals surface area contributed by atoms with Crippen molar-refractivity contribution in [2.45, 2.75) is 37.2 Å². The Bertz CT molecular complexity index is 764. The molecule has 0 unspecified atom stereocenters. The third-order valence-electron chi connectivity index (χ3n) is 3.57. The van der Waals surface area contributed by atoms with Gasteiger partial charge in [0.15, 0.2) is 11.0 Å². The van der Waals surface area contributed by atoms with Crippen LogP contribution in [0.1, 0.15) is 20.3 Å². The average molecular weight is 386 g/mol. The molecule has 5 nitrogen and oxygen atoms in total. The van der Waals surface area contributed by atoms with E-state index in [4.69, 9.17) is 27.9 Å². The van der Waals surface area contributed by atoms with E-state index in [2.05, 4.69) is 24.0 Å². The Hall–Kier alpha value is -1.24. The van der Waals surface area contributed by atoms with Gasteiger partial charge >= 0.3 is 5.97 Å². The number of benzene rings is 1. The van der Waals surface area contributed by atoms with Crippen molar-refractivity contribution in [2.75, 3.05) is 6.61 Å². The predicted octanol–water partition coefficient (Wildman–Crippen LogP) is 4.32. The van der Waals surface area contributed by atoms with Gasteiger partial charge in [0.05, 0.1) is 11.6 Å². The van der Waals surface area contributed by atoms with E-state index in [1.54, 1.807) is 12.1 Å². The molecule has 3 rings (SSSR count). The van der Waals surface area contributed by atoms with Crippen LogP contribution in [0.25, 0.3) is 11.4 Å². The van der Waals surface area contributed by atoms with Crippen molar-refractivity contribution < 1.29 is 9.53 Å². The number of esters is 1. The highest BCUT2D eigenvalue weighted by Crippen LogP contribution is 2.34. The predicted molar refractivity (Wildman–Crippen MR) is 95.5 cm³/mol. The molecule has 1 aromatic heterocycles. The molecule has 0 spiro atoms. The second kappa shape index (κ2) is 7.33. The summed E-state index contributed by atoms with van der Waals surface area (Å²) in [5.41, 5.74) is 0.773. The van der Waals surface area contributed by atoms with Gasteiger partial charge in [0.1, 0.15) is 5.25 Å². The fourth-order valence-electron chi connectivity index (χ4n) is 2.49. The Morgan fingerprint density at radius 3 is 2.79 bits per heavy atom. The third-order valence-corrected chi connectivity index (χ3v) is 5.34. The molecule has 24 heavy (non-hydrogen) atoms. The largest absolute Gasteiger partial charge is 0.465 e. The second-order valence-corrected chi connectivity index (χ2v) is 8.01. The van der Waals surface area contributed by atoms with E-state index in [0.717, 1.165) is 12.1 Å². The highest BCUT2D eigenvalue weighted by molar-refractivity contribution is 8.00. The number of aromatic nitrogens is 3. The molecule has 2 aromatic rings. The number of hydrogen-bond donors (Lipinski definition) is 0. The number of thioether (sulfide) groups is 1. The highest BCUT2D eigenvalue weighted by Gasteiger charge is 2.30. The van der Waals surface area contributed by atoms with Gasteiger partial charge in [-0.25, -0.2) is 0 Å². The number of carbonyl (C=O) groups excluding carboxylic acids is 1. The molecular weight excluding hydrogens is 369 g/mol. The molecule has 8 heteroatoms. The van der Waals surface area contributed by atoms with Crippen LogP contribution in [0.5, 0.6) is 0 Å². The Kier molecular flexibility index (Phi) is 5.37. The lowest BCUT2D eigenvalue weighted by Crippen LogP contribution is -2.13. The number of nitrogens with zero attached hydrogens (tertiary/aromatic N) is 3. The first kappa shape index (κ1) is 17.6. The molecule has 0 saturated carbocycles. The van der Waals surface area contributed by atoms with Crippen LogP contribution in [0.4, 0.5) is 0 Å². The van der Waals surface area contributed by atoms with E-state index >= 15 is 0 Å². The normalized spacial score (nSPS) is 17.5. The summed E-state index contributed by atoms with van der Waals surface area (Å²) >= 11 is 13.7. The van der Waals surface area contributed by atoms with Crippen molar-refractivity contribution in [1.82, 2.24) is 14.8 Å². The maximum absolute atomic E-state index is 11.7. The molecule has 1 saturated heterocycles. The maximum Gasteiger partial charge on any atom is 0.319 e. The topological polar surface area (TPSA) is 57.0 Å². The smallest absolute Gasteiger partial charge is 0.319 e. The van der Waals surface area contributed by atoms with Crippen molar-refractivity contribution in [2.24, 2.45) is 5.92 Å². The van der Waals surface area contributed by atoms with Gasteiger partial charge < -0.3 is 9.30 Å². The van der Waals surface area contributed by atoms with Crippen LogP contribution in [-0.4, -0.2) is 32.6 Å². The first-order valence-corrected chi connectivity index (χ1v) is 9.31. The summed E-state index contributed by atoms with van der Waals surface area (Å²) in [4.78, 5) is 11.7. The minimum absolute atomic E-state index is 0.190. The molecule has 0 radical (unpaired) electrons. The van der Waals surface area contributed by atoms with Crippen molar-refractivity contribution in [3.8, 4) is 11.4 Å². The minimum atomic E-state index is -0.228. The molecule has 0 amide bonds. The molecule has 128 valence electrons. The number of rotatable bonds is 5. The quantitative estimate of drug-likeness (QED) is 0.717. The Morgan fingerprint density at radius 2 is 2.17 bits per heavy atom. The van der Waals surface area contributed by atoms with Gasteiger partial charge in [0, 0.05) is 23.6 Å². The van der Waals surface area contributed by atoms with E-state index in [1.807, 2.05) is 10.6 Å². The lowest BCUT2D eigenvalue weighted by Gasteiger charge is -2.14. The standard InChI is InChI=1S/C16H17Cl2N3O2S/c1-9(2)8-21-14(11-4-3-10(17)7-12(11)18)19-20-16(21)24-13-5-6-23-15(13)22/h3-4,7,9,13H,5-6,8H2,1-2H3/t13-/m0/s1. The average Bonchev–Trinajstić information content (AvgIpc) is 3.07. The van der Waals surface area contributed by atoms with Crippen LogP contribution in [0, 0.1) is 5.92 Å². The van der Waals surface area contributed by atoms with E-state index in [-0.39, 0.29) is 11.2 Å². The number of hydrogen-bond acceptors (Lipinski definition) is 5. The zero-order valence-corrected chi connectivity index (χ0v) is 15.7. The van der Waals surface area contributed by atoms with E-state index in [0.29, 0.717) is 40.0 Å². The van der Waals surface area contributed by atoms with Gasteiger partial charge in [-0.2, -0.15) is 0 Å². The van der Waals surface area contributed by atoms with Crippen LogP contribution in [-0.2, 0) is 16.1 Å². The number of cyclic esters (lactones) is 1. The maximum atomic E-state index is 11.7. The number of ether oxygens (including phenoxy) is 1. The summed E-state index contributed by atoms with van der Waals surface area (Å²) in [5.74, 6) is 0.880. The van der Waals surface area contributed by atoms with Gasteiger partial charge in [-0.15, -0.1) is 10.2 Å². The molecule has 0 aliphatic carbocycles. The minimum Gasteiger partial charge on any atom is -0.465 e. The van der Waals surface area contributed by atoms with Crippen LogP contribution in [0.15, 0.2) is 23.4 Å². The Morgan fingerprint density at radius 1 is 1.38 bits per heavy atom. The lowest BCUT2D eigenvalue weighted by atomic mass is 10.2. The first-order chi connectivity index (χ1) is 11.5. The number of carbonyl (C=O) groups is 1. The summed E-state index contributed by atoms with van der Waals surface area (Å²) in [6, 6.07) is 5.30. The van der Waals surface area contributed by atoms with E-state index in [9.17, 15) is 4.79 Å². The van der Waals surface area contributed by atoms with E-state index < -0.39 is 0 Å². The van der Waals surface area contributed by atoms with E-state index in [1.165, 1.54) is 11.8 Å². The molecule has 1 aromatic carbocycles.